The van der Waals surface area contributed by atoms with Gasteiger partial charge in [0.1, 0.15) is 5.82 Å². The van der Waals surface area contributed by atoms with Gasteiger partial charge < -0.3 is 20.6 Å². The molecule has 6 heterocycles. The molecule has 0 aliphatic carbocycles. The predicted molar refractivity (Wildman–Crippen MR) is 105 cm³/mol. The summed E-state index contributed by atoms with van der Waals surface area (Å²) in [6.45, 7) is 2.01. The monoisotopic (exact) mass is 389 g/mol. The highest BCUT2D eigenvalue weighted by Gasteiger charge is 2.34. The van der Waals surface area contributed by atoms with Crippen LogP contribution in [0.3, 0.4) is 0 Å². The predicted octanol–water partition coefficient (Wildman–Crippen LogP) is 3.09. The Morgan fingerprint density at radius 3 is 2.85 bits per heavy atom. The molecule has 0 aromatic carbocycles. The van der Waals surface area contributed by atoms with E-state index in [1.165, 1.54) is 24.2 Å². The molecule has 3 aromatic rings. The van der Waals surface area contributed by atoms with E-state index in [1.54, 1.807) is 0 Å². The molecule has 26 heavy (non-hydrogen) atoms. The van der Waals surface area contributed by atoms with E-state index in [1.807, 2.05) is 27.4 Å². The summed E-state index contributed by atoms with van der Waals surface area (Å²) < 4.78 is 1.82. The van der Waals surface area contributed by atoms with Crippen molar-refractivity contribution in [1.29, 1.82) is 0 Å². The molecule has 1 unspecified atom stereocenters. The van der Waals surface area contributed by atoms with E-state index in [4.69, 9.17) is 16.7 Å². The molecule has 6 rings (SSSR count). The number of piperidine rings is 2. The third-order valence-electron chi connectivity index (χ3n) is 5.35. The molecule has 0 amide bonds. The average Bonchev–Trinajstić information content (AvgIpc) is 3.28. The summed E-state index contributed by atoms with van der Waals surface area (Å²) in [5.74, 6) is 0.965. The number of hydrogen-bond acceptors (Lipinski definition) is 6. The molecule has 3 aliphatic rings. The summed E-state index contributed by atoms with van der Waals surface area (Å²) in [5, 5.41) is 26.5. The lowest BCUT2D eigenvalue weighted by atomic mass is 9.93. The minimum Gasteiger partial charge on any atom is -0.368 e. The van der Waals surface area contributed by atoms with Gasteiger partial charge in [0.2, 0.25) is 0 Å². The summed E-state index contributed by atoms with van der Waals surface area (Å²) in [4.78, 5) is 2.39. The lowest BCUT2D eigenvalue weighted by molar-refractivity contribution is 0.201. The molecule has 3 aliphatic heterocycles. The Balaban J connectivity index is 1.46. The average molecular weight is 390 g/mol. The number of nitrogens with zero attached hydrogens (tertiary/aromatic N) is 3. The summed E-state index contributed by atoms with van der Waals surface area (Å²) >= 11 is 7.62. The van der Waals surface area contributed by atoms with E-state index in [9.17, 15) is 5.11 Å². The molecule has 0 radical (unpaired) electrons. The van der Waals surface area contributed by atoms with E-state index in [0.717, 1.165) is 30.1 Å². The van der Waals surface area contributed by atoms with Gasteiger partial charge in [-0.2, -0.15) is 0 Å². The second-order valence-electron chi connectivity index (χ2n) is 6.96. The number of anilines is 2. The first kappa shape index (κ1) is 16.4. The van der Waals surface area contributed by atoms with Crippen LogP contribution < -0.4 is 15.5 Å². The number of thiophene rings is 1. The zero-order chi connectivity index (χ0) is 17.7. The molecular weight excluding hydrogens is 370 g/mol. The van der Waals surface area contributed by atoms with E-state index < -0.39 is 6.23 Å². The molecule has 0 spiro atoms. The number of halogens is 1. The molecule has 3 N–H and O–H groups in total. The molecule has 0 saturated carbocycles. The number of hydrogen-bond donors (Lipinski definition) is 3. The maximum atomic E-state index is 10.7. The van der Waals surface area contributed by atoms with Gasteiger partial charge in [0.05, 0.1) is 21.9 Å². The van der Waals surface area contributed by atoms with Crippen LogP contribution in [0.25, 0.3) is 5.52 Å². The third kappa shape index (κ3) is 2.75. The fourth-order valence-electron chi connectivity index (χ4n) is 3.95. The molecule has 3 aromatic heterocycles. The van der Waals surface area contributed by atoms with Crippen molar-refractivity contribution < 1.29 is 5.11 Å². The zero-order valence-corrected chi connectivity index (χ0v) is 15.7. The molecule has 2 bridgehead atoms. The highest BCUT2D eigenvalue weighted by Crippen LogP contribution is 2.30. The van der Waals surface area contributed by atoms with Crippen molar-refractivity contribution >= 4 is 40.0 Å². The first-order valence-electron chi connectivity index (χ1n) is 8.84. The Labute approximate surface area is 160 Å². The molecule has 6 nitrogen and oxygen atoms in total. The van der Waals surface area contributed by atoms with Crippen molar-refractivity contribution in [3.8, 4) is 0 Å². The molecule has 136 valence electrons. The quantitative estimate of drug-likeness (QED) is 0.598. The largest absolute Gasteiger partial charge is 0.368 e. The van der Waals surface area contributed by atoms with Crippen LogP contribution in [-0.2, 0) is 0 Å². The first-order valence-corrected chi connectivity index (χ1v) is 10.2. The van der Waals surface area contributed by atoms with Crippen molar-refractivity contribution in [2.75, 3.05) is 23.3 Å². The van der Waals surface area contributed by atoms with Crippen LogP contribution in [0.4, 0.5) is 11.5 Å². The standard InChI is InChI=1S/C18H20ClN5OS/c19-14-9-26-10-15(14)21-18(25)16-5-3-12-4-6-17(22-24(12)16)23-8-11-1-2-13(23)7-20-11/h3-6,9-11,13,18,20-21,25H,1-2,7-8H2/t11-,13-,18?/m1/s1. The lowest BCUT2D eigenvalue weighted by Gasteiger charge is -2.46. The first-order chi connectivity index (χ1) is 12.7. The minimum absolute atomic E-state index is 0.497. The van der Waals surface area contributed by atoms with Gasteiger partial charge in [-0.1, -0.05) is 11.6 Å². The van der Waals surface area contributed by atoms with Crippen LogP contribution in [0.15, 0.2) is 35.0 Å². The third-order valence-corrected chi connectivity index (χ3v) is 6.53. The number of piperazine rings is 1. The molecular formula is C18H20ClN5OS. The number of aliphatic hydroxyl groups is 1. The fraction of sp³-hybridized carbons (Fsp3) is 0.389. The Hall–Kier alpha value is -1.80. The highest BCUT2D eigenvalue weighted by molar-refractivity contribution is 7.09. The van der Waals surface area contributed by atoms with Crippen LogP contribution in [0.5, 0.6) is 0 Å². The molecule has 3 atom stereocenters. The van der Waals surface area contributed by atoms with Gasteiger partial charge in [0.25, 0.3) is 0 Å². The second-order valence-corrected chi connectivity index (χ2v) is 8.11. The van der Waals surface area contributed by atoms with Crippen molar-refractivity contribution in [2.45, 2.75) is 31.2 Å². The van der Waals surface area contributed by atoms with Gasteiger partial charge in [-0.3, -0.25) is 0 Å². The minimum atomic E-state index is -0.883. The number of aliphatic hydroxyl groups excluding tert-OH is 1. The van der Waals surface area contributed by atoms with Gasteiger partial charge in [-0.05, 0) is 37.1 Å². The zero-order valence-electron chi connectivity index (χ0n) is 14.1. The van der Waals surface area contributed by atoms with Gasteiger partial charge in [0.15, 0.2) is 6.23 Å². The lowest BCUT2D eigenvalue weighted by Crippen LogP contribution is -2.61. The van der Waals surface area contributed by atoms with E-state index in [0.29, 0.717) is 22.8 Å². The molecule has 3 saturated heterocycles. The highest BCUT2D eigenvalue weighted by atomic mass is 35.5. The van der Waals surface area contributed by atoms with Gasteiger partial charge in [-0.15, -0.1) is 16.4 Å². The second kappa shape index (κ2) is 6.42. The van der Waals surface area contributed by atoms with Crippen molar-refractivity contribution in [1.82, 2.24) is 14.9 Å². The molecule has 8 heteroatoms. The molecule has 3 fully saturated rings. The van der Waals surface area contributed by atoms with Crippen molar-refractivity contribution in [3.05, 3.63) is 45.7 Å². The summed E-state index contributed by atoms with van der Waals surface area (Å²) in [6, 6.07) is 9.05. The normalized spacial score (nSPS) is 23.5. The Morgan fingerprint density at radius 2 is 2.15 bits per heavy atom. The number of fused-ring (bicyclic) bond motifs is 4. The van der Waals surface area contributed by atoms with Crippen molar-refractivity contribution in [3.63, 3.8) is 0 Å². The Morgan fingerprint density at radius 1 is 1.27 bits per heavy atom. The van der Waals surface area contributed by atoms with Crippen molar-refractivity contribution in [2.24, 2.45) is 0 Å². The van der Waals surface area contributed by atoms with E-state index in [-0.39, 0.29) is 0 Å². The SMILES string of the molecule is OC(Nc1cscc1Cl)c1ccc2ccc(N3C[C@H]4CC[C@@H]3CN4)nn12. The fourth-order valence-corrected chi connectivity index (χ4v) is 4.93. The summed E-state index contributed by atoms with van der Waals surface area (Å²) in [5.41, 5.74) is 2.39. The van der Waals surface area contributed by atoms with Crippen LogP contribution in [0.1, 0.15) is 24.8 Å². The topological polar surface area (TPSA) is 64.8 Å². The van der Waals surface area contributed by atoms with Gasteiger partial charge in [-0.25, -0.2) is 4.52 Å². The smallest absolute Gasteiger partial charge is 0.168 e. The maximum Gasteiger partial charge on any atom is 0.168 e. The van der Waals surface area contributed by atoms with E-state index in [2.05, 4.69) is 27.7 Å². The van der Waals surface area contributed by atoms with Gasteiger partial charge in [0, 0.05) is 35.9 Å². The summed E-state index contributed by atoms with van der Waals surface area (Å²) in [7, 11) is 0. The van der Waals surface area contributed by atoms with E-state index >= 15 is 0 Å². The van der Waals surface area contributed by atoms with Crippen LogP contribution in [0.2, 0.25) is 5.02 Å². The number of nitrogens with one attached hydrogen (secondary N) is 2. The van der Waals surface area contributed by atoms with Crippen LogP contribution >= 0.6 is 22.9 Å². The maximum absolute atomic E-state index is 10.7. The van der Waals surface area contributed by atoms with Gasteiger partial charge >= 0.3 is 0 Å². The van der Waals surface area contributed by atoms with Crippen LogP contribution in [-0.4, -0.2) is 39.9 Å². The Bertz CT molecular complexity index is 933. The number of aromatic nitrogens is 2. The Kier molecular flexibility index (Phi) is 4.04. The van der Waals surface area contributed by atoms with Crippen LogP contribution in [0, 0.1) is 0 Å². The summed E-state index contributed by atoms with van der Waals surface area (Å²) in [6.07, 6.45) is 1.56. The number of rotatable bonds is 4.